The third kappa shape index (κ3) is 5.17. The van der Waals surface area contributed by atoms with Gasteiger partial charge in [-0.3, -0.25) is 19.4 Å². The first kappa shape index (κ1) is 39.9. The molecule has 1 spiro atoms. The lowest BCUT2D eigenvalue weighted by Crippen LogP contribution is -2.81. The van der Waals surface area contributed by atoms with Gasteiger partial charge in [0.2, 0.25) is 11.5 Å². The largest absolute Gasteiger partial charge is 0.496 e. The highest BCUT2D eigenvalue weighted by atomic mass is 19.3. The molecule has 12 nitrogen and oxygen atoms in total. The molecule has 2 aromatic carbocycles. The van der Waals surface area contributed by atoms with Crippen LogP contribution in [-0.2, 0) is 46.0 Å². The first-order chi connectivity index (χ1) is 28.1. The van der Waals surface area contributed by atoms with Crippen LogP contribution < -0.4 is 9.64 Å². The first-order valence-corrected chi connectivity index (χ1v) is 20.7. The molecule has 6 heterocycles. The number of rotatable bonds is 7. The zero-order valence-corrected chi connectivity index (χ0v) is 34.8. The number of piperidine rings is 1. The lowest BCUT2D eigenvalue weighted by molar-refractivity contribution is -0.228. The van der Waals surface area contributed by atoms with Crippen LogP contribution in [0.4, 0.5) is 14.5 Å². The van der Waals surface area contributed by atoms with Crippen molar-refractivity contribution in [1.82, 2.24) is 14.8 Å². The van der Waals surface area contributed by atoms with Gasteiger partial charge in [-0.2, -0.15) is 0 Å². The number of hydrogen-bond donors (Lipinski definition) is 2. The Balaban J connectivity index is 1.35. The van der Waals surface area contributed by atoms with E-state index < -0.39 is 63.7 Å². The standard InChI is InChI=1S/C45H54F2N4O8/c1-8-42-14-11-16-51-17-15-43(36(42)51)30-19-31(34(56-5)20-33(30)49(4)37(43)45(55,40(54)58-7)38(42)59-25(2)52)44(39(53)57-6)21-26-18-27(41(3,46)47)23-50(22-26)24-29-28-12-9-10-13-32(28)48-35(29)44/h9-14,19-20,26-27,36-38,48,55H,8,15-18,21-24H2,1-7H3/t26-,27-,36-,37+,38+,42+,43+,44-,45-/m0/s1. The van der Waals surface area contributed by atoms with Crippen LogP contribution in [0, 0.1) is 17.3 Å². The molecule has 9 rings (SSSR count). The number of fused-ring (bicyclic) bond motifs is 6. The fourth-order valence-electron chi connectivity index (χ4n) is 13.2. The smallest absolute Gasteiger partial charge is 0.344 e. The van der Waals surface area contributed by atoms with Crippen molar-refractivity contribution in [2.45, 2.75) is 93.5 Å². The molecule has 1 aromatic heterocycles. The van der Waals surface area contributed by atoms with Crippen LogP contribution in [-0.4, -0.2) is 122 Å². The number of para-hydroxylation sites is 1. The molecule has 2 saturated heterocycles. The van der Waals surface area contributed by atoms with Crippen LogP contribution >= 0.6 is 0 Å². The summed E-state index contributed by atoms with van der Waals surface area (Å²) in [5.41, 5.74) is -1.64. The highest BCUT2D eigenvalue weighted by Crippen LogP contribution is 2.68. The normalized spacial score (nSPS) is 35.8. The number of alkyl halides is 2. The summed E-state index contributed by atoms with van der Waals surface area (Å²) in [6, 6.07) is 10.3. The highest BCUT2D eigenvalue weighted by Gasteiger charge is 2.80. The molecule has 3 aromatic rings. The van der Waals surface area contributed by atoms with E-state index in [-0.39, 0.29) is 31.3 Å². The number of ether oxygens (including phenoxy) is 4. The van der Waals surface area contributed by atoms with Crippen molar-refractivity contribution in [3.05, 3.63) is 70.9 Å². The summed E-state index contributed by atoms with van der Waals surface area (Å²) >= 11 is 0. The molecular weight excluding hydrogens is 763 g/mol. The van der Waals surface area contributed by atoms with Crippen molar-refractivity contribution in [2.24, 2.45) is 17.3 Å². The van der Waals surface area contributed by atoms with Gasteiger partial charge in [0.05, 0.1) is 27.4 Å². The van der Waals surface area contributed by atoms with Gasteiger partial charge in [0.25, 0.3) is 0 Å². The maximum atomic E-state index is 15.3. The van der Waals surface area contributed by atoms with Crippen LogP contribution in [0.25, 0.3) is 10.9 Å². The maximum absolute atomic E-state index is 15.3. The third-order valence-corrected chi connectivity index (χ3v) is 15.3. The van der Waals surface area contributed by atoms with E-state index in [0.29, 0.717) is 61.7 Å². The summed E-state index contributed by atoms with van der Waals surface area (Å²) in [5, 5.41) is 14.2. The van der Waals surface area contributed by atoms with Gasteiger partial charge in [-0.15, -0.1) is 0 Å². The predicted octanol–water partition coefficient (Wildman–Crippen LogP) is 5.08. The molecule has 6 aliphatic rings. The molecule has 0 unspecified atom stereocenters. The summed E-state index contributed by atoms with van der Waals surface area (Å²) in [4.78, 5) is 52.5. The fraction of sp³-hybridized carbons (Fsp3) is 0.578. The van der Waals surface area contributed by atoms with E-state index in [2.05, 4.69) is 14.8 Å². The number of methoxy groups -OCH3 is 3. The summed E-state index contributed by atoms with van der Waals surface area (Å²) in [7, 11) is 5.94. The van der Waals surface area contributed by atoms with Gasteiger partial charge in [0.15, 0.2) is 6.10 Å². The molecule has 5 aliphatic heterocycles. The van der Waals surface area contributed by atoms with E-state index in [0.717, 1.165) is 29.0 Å². The van der Waals surface area contributed by atoms with Crippen LogP contribution in [0.5, 0.6) is 5.75 Å². The quantitative estimate of drug-likeness (QED) is 0.188. The number of nitrogens with zero attached hydrogens (tertiary/aromatic N) is 3. The molecule has 316 valence electrons. The van der Waals surface area contributed by atoms with Gasteiger partial charge in [-0.25, -0.2) is 13.6 Å². The molecule has 0 amide bonds. The average molecular weight is 817 g/mol. The Morgan fingerprint density at radius 1 is 1.03 bits per heavy atom. The second kappa shape index (κ2) is 13.5. The number of halogens is 2. The molecule has 1 saturated carbocycles. The van der Waals surface area contributed by atoms with Crippen molar-refractivity contribution in [2.75, 3.05) is 59.5 Å². The van der Waals surface area contributed by atoms with Crippen LogP contribution in [0.1, 0.15) is 68.8 Å². The molecule has 2 N–H and O–H groups in total. The minimum Gasteiger partial charge on any atom is -0.496 e. The lowest BCUT2D eigenvalue weighted by Gasteiger charge is -2.63. The first-order valence-electron chi connectivity index (χ1n) is 20.7. The number of carbonyl (C=O) groups is 3. The highest BCUT2D eigenvalue weighted by molar-refractivity contribution is 5.95. The number of aromatic nitrogens is 1. The monoisotopic (exact) mass is 816 g/mol. The average Bonchev–Trinajstić information content (AvgIpc) is 3.86. The maximum Gasteiger partial charge on any atom is 0.344 e. The number of nitrogens with one attached hydrogen (secondary N) is 1. The molecule has 10 atom stereocenters. The molecule has 59 heavy (non-hydrogen) atoms. The van der Waals surface area contributed by atoms with Gasteiger partial charge in [-0.1, -0.05) is 37.3 Å². The van der Waals surface area contributed by atoms with Gasteiger partial charge < -0.3 is 33.9 Å². The predicted molar refractivity (Wildman–Crippen MR) is 214 cm³/mol. The summed E-state index contributed by atoms with van der Waals surface area (Å²) in [6.45, 7) is 6.55. The number of aromatic amines is 1. The Labute approximate surface area is 342 Å². The molecule has 1 aliphatic carbocycles. The Kier molecular flexibility index (Phi) is 9.12. The Bertz CT molecular complexity index is 2270. The number of likely N-dealkylation sites (N-methyl/N-ethyl adjacent to an activating group) is 1. The van der Waals surface area contributed by atoms with Crippen molar-refractivity contribution in [1.29, 1.82) is 0 Å². The second-order valence-corrected chi connectivity index (χ2v) is 18.0. The Morgan fingerprint density at radius 2 is 1.78 bits per heavy atom. The summed E-state index contributed by atoms with van der Waals surface area (Å²) < 4.78 is 54.3. The van der Waals surface area contributed by atoms with Gasteiger partial charge >= 0.3 is 17.9 Å². The third-order valence-electron chi connectivity index (χ3n) is 15.3. The number of carbonyl (C=O) groups excluding carboxylic acids is 3. The minimum absolute atomic E-state index is 0.155. The van der Waals surface area contributed by atoms with E-state index in [1.54, 1.807) is 0 Å². The van der Waals surface area contributed by atoms with Gasteiger partial charge in [0, 0.05) is 96.9 Å². The van der Waals surface area contributed by atoms with E-state index in [1.807, 2.05) is 67.4 Å². The van der Waals surface area contributed by atoms with Crippen molar-refractivity contribution >= 4 is 34.5 Å². The van der Waals surface area contributed by atoms with Gasteiger partial charge in [0.1, 0.15) is 11.2 Å². The summed E-state index contributed by atoms with van der Waals surface area (Å²) in [5.74, 6) is -5.92. The number of aliphatic hydroxyl groups is 1. The van der Waals surface area contributed by atoms with Crippen LogP contribution in [0.2, 0.25) is 0 Å². The molecule has 0 radical (unpaired) electrons. The van der Waals surface area contributed by atoms with Crippen molar-refractivity contribution < 1.29 is 47.2 Å². The topological polar surface area (TPSA) is 134 Å². The zero-order chi connectivity index (χ0) is 42.0. The number of hydrogen-bond acceptors (Lipinski definition) is 11. The van der Waals surface area contributed by atoms with Crippen molar-refractivity contribution in [3.63, 3.8) is 0 Å². The van der Waals surface area contributed by atoms with Crippen LogP contribution in [0.15, 0.2) is 48.6 Å². The number of benzene rings is 2. The van der Waals surface area contributed by atoms with Crippen molar-refractivity contribution in [3.8, 4) is 5.75 Å². The van der Waals surface area contributed by atoms with Crippen LogP contribution in [0.3, 0.4) is 0 Å². The molecular formula is C45H54F2N4O8. The minimum atomic E-state index is -2.94. The number of anilines is 1. The van der Waals surface area contributed by atoms with E-state index in [9.17, 15) is 14.7 Å². The summed E-state index contributed by atoms with van der Waals surface area (Å²) in [6.07, 6.45) is 4.04. The van der Waals surface area contributed by atoms with E-state index in [1.165, 1.54) is 28.3 Å². The lowest BCUT2D eigenvalue weighted by atomic mass is 9.47. The molecule has 14 heteroatoms. The van der Waals surface area contributed by atoms with E-state index in [4.69, 9.17) is 18.9 Å². The van der Waals surface area contributed by atoms with E-state index >= 15 is 13.6 Å². The number of esters is 3. The fourth-order valence-corrected chi connectivity index (χ4v) is 13.2. The molecule has 3 fully saturated rings. The SMILES string of the molecule is CC[C@]12C=CCN3CC[C@@]4(c5cc([C@@]6(C(=O)OC)C[C@@H]7C[C@H](C(C)(F)F)C[N@](Cc8c6[nH]c6ccccc86)C7)c(OC)cc5N(C)[C@H]4[C@@](O)(C(=O)OC)[C@@H]1OC(C)=O)[C@@H]32. The second-order valence-electron chi connectivity index (χ2n) is 18.0. The Morgan fingerprint density at radius 3 is 2.46 bits per heavy atom. The molecule has 2 bridgehead atoms. The van der Waals surface area contributed by atoms with Gasteiger partial charge in [-0.05, 0) is 68.3 Å². The Hall–Kier alpha value is -4.53. The zero-order valence-electron chi connectivity index (χ0n) is 34.8. The number of H-pyrrole nitrogens is 1.